The van der Waals surface area contributed by atoms with Gasteiger partial charge in [0, 0.05) is 37.4 Å². The Bertz CT molecular complexity index is 454. The number of amides is 1. The average Bonchev–Trinajstić information content (AvgIpc) is 2.95. The van der Waals surface area contributed by atoms with Gasteiger partial charge in [-0.05, 0) is 19.3 Å². The quantitative estimate of drug-likeness (QED) is 0.888. The van der Waals surface area contributed by atoms with E-state index in [-0.39, 0.29) is 18.6 Å². The summed E-state index contributed by atoms with van der Waals surface area (Å²) >= 11 is 0. The summed E-state index contributed by atoms with van der Waals surface area (Å²) in [6.07, 6.45) is 6.17. The van der Waals surface area contributed by atoms with Crippen LogP contribution >= 0.6 is 0 Å². The highest BCUT2D eigenvalue weighted by Crippen LogP contribution is 2.16. The standard InChI is InChI=1S/C14H21N3O3/c18-14(10-19-9-12-3-1-2-6-20-12)17-5-4-13-11(8-17)7-15-16-13/h7,12H,1-6,8-10H2,(H,15,16). The monoisotopic (exact) mass is 279 g/mol. The van der Waals surface area contributed by atoms with Crippen LogP contribution in [0.15, 0.2) is 6.20 Å². The van der Waals surface area contributed by atoms with E-state index in [9.17, 15) is 4.79 Å². The Kier molecular flexibility index (Phi) is 4.32. The number of hydrogen-bond donors (Lipinski definition) is 1. The van der Waals surface area contributed by atoms with E-state index in [1.54, 1.807) is 6.20 Å². The maximum absolute atomic E-state index is 12.1. The maximum Gasteiger partial charge on any atom is 0.248 e. The molecule has 1 atom stereocenters. The lowest BCUT2D eigenvalue weighted by Crippen LogP contribution is -2.38. The molecule has 3 heterocycles. The molecule has 2 aliphatic rings. The van der Waals surface area contributed by atoms with Crippen molar-refractivity contribution in [3.8, 4) is 0 Å². The first-order valence-electron chi connectivity index (χ1n) is 7.31. The molecule has 1 aromatic heterocycles. The van der Waals surface area contributed by atoms with E-state index < -0.39 is 0 Å². The molecule has 1 fully saturated rings. The van der Waals surface area contributed by atoms with Gasteiger partial charge in [0.2, 0.25) is 5.91 Å². The highest BCUT2D eigenvalue weighted by molar-refractivity contribution is 5.77. The van der Waals surface area contributed by atoms with E-state index in [0.717, 1.165) is 43.7 Å². The topological polar surface area (TPSA) is 67.5 Å². The summed E-state index contributed by atoms with van der Waals surface area (Å²) in [6.45, 7) is 2.85. The zero-order valence-corrected chi connectivity index (χ0v) is 11.6. The van der Waals surface area contributed by atoms with Crippen LogP contribution < -0.4 is 0 Å². The van der Waals surface area contributed by atoms with E-state index >= 15 is 0 Å². The minimum absolute atomic E-state index is 0.0488. The van der Waals surface area contributed by atoms with Crippen LogP contribution in [0.2, 0.25) is 0 Å². The lowest BCUT2D eigenvalue weighted by molar-refractivity contribution is -0.139. The number of rotatable bonds is 4. The number of aromatic nitrogens is 2. The molecule has 1 aromatic rings. The molecule has 6 heteroatoms. The lowest BCUT2D eigenvalue weighted by atomic mass is 10.1. The summed E-state index contributed by atoms with van der Waals surface area (Å²) in [6, 6.07) is 0. The van der Waals surface area contributed by atoms with Crippen molar-refractivity contribution in [2.75, 3.05) is 26.4 Å². The Morgan fingerprint density at radius 3 is 3.35 bits per heavy atom. The lowest BCUT2D eigenvalue weighted by Gasteiger charge is -2.27. The smallest absolute Gasteiger partial charge is 0.248 e. The third-order valence-electron chi connectivity index (χ3n) is 3.96. The van der Waals surface area contributed by atoms with Crippen molar-refractivity contribution >= 4 is 5.91 Å². The Labute approximate surface area is 118 Å². The largest absolute Gasteiger partial charge is 0.376 e. The van der Waals surface area contributed by atoms with Crippen LogP contribution in [0.1, 0.15) is 30.5 Å². The molecule has 3 rings (SSSR count). The van der Waals surface area contributed by atoms with Gasteiger partial charge in [-0.25, -0.2) is 0 Å². The Balaban J connectivity index is 1.41. The second kappa shape index (κ2) is 6.37. The Morgan fingerprint density at radius 1 is 1.55 bits per heavy atom. The molecule has 110 valence electrons. The number of hydrogen-bond acceptors (Lipinski definition) is 4. The first-order chi connectivity index (χ1) is 9.83. The Morgan fingerprint density at radius 2 is 2.50 bits per heavy atom. The Hall–Kier alpha value is -1.40. The molecule has 1 amide bonds. The predicted molar refractivity (Wildman–Crippen MR) is 72.1 cm³/mol. The van der Waals surface area contributed by atoms with E-state index in [4.69, 9.17) is 9.47 Å². The van der Waals surface area contributed by atoms with Crippen LogP contribution in [-0.4, -0.2) is 53.5 Å². The van der Waals surface area contributed by atoms with Gasteiger partial charge in [-0.3, -0.25) is 9.89 Å². The van der Waals surface area contributed by atoms with Crippen molar-refractivity contribution in [1.29, 1.82) is 0 Å². The molecule has 0 bridgehead atoms. The van der Waals surface area contributed by atoms with Crippen LogP contribution in [0, 0.1) is 0 Å². The van der Waals surface area contributed by atoms with E-state index in [2.05, 4.69) is 10.2 Å². The molecule has 0 aliphatic carbocycles. The van der Waals surface area contributed by atoms with Crippen LogP contribution in [-0.2, 0) is 27.2 Å². The van der Waals surface area contributed by atoms with Gasteiger partial charge < -0.3 is 14.4 Å². The summed E-state index contributed by atoms with van der Waals surface area (Å²) in [5, 5.41) is 6.98. The van der Waals surface area contributed by atoms with Crippen molar-refractivity contribution < 1.29 is 14.3 Å². The van der Waals surface area contributed by atoms with Gasteiger partial charge in [-0.15, -0.1) is 0 Å². The van der Waals surface area contributed by atoms with Crippen molar-refractivity contribution in [2.45, 2.75) is 38.3 Å². The molecule has 2 aliphatic heterocycles. The third-order valence-corrected chi connectivity index (χ3v) is 3.96. The molecule has 0 radical (unpaired) electrons. The van der Waals surface area contributed by atoms with E-state index in [0.29, 0.717) is 13.2 Å². The fraction of sp³-hybridized carbons (Fsp3) is 0.714. The van der Waals surface area contributed by atoms with Crippen LogP contribution in [0.4, 0.5) is 0 Å². The zero-order chi connectivity index (χ0) is 13.8. The number of H-pyrrole nitrogens is 1. The number of carbonyl (C=O) groups excluding carboxylic acids is 1. The van der Waals surface area contributed by atoms with Crippen molar-refractivity contribution in [2.24, 2.45) is 0 Å². The first-order valence-corrected chi connectivity index (χ1v) is 7.31. The van der Waals surface area contributed by atoms with E-state index in [1.165, 1.54) is 6.42 Å². The number of carbonyl (C=O) groups is 1. The van der Waals surface area contributed by atoms with Crippen molar-refractivity contribution in [3.05, 3.63) is 17.5 Å². The van der Waals surface area contributed by atoms with Gasteiger partial charge in [0.25, 0.3) is 0 Å². The molecule has 20 heavy (non-hydrogen) atoms. The minimum Gasteiger partial charge on any atom is -0.376 e. The highest BCUT2D eigenvalue weighted by atomic mass is 16.5. The molecule has 0 spiro atoms. The fourth-order valence-corrected chi connectivity index (χ4v) is 2.74. The predicted octanol–water partition coefficient (Wildman–Crippen LogP) is 0.880. The number of aromatic amines is 1. The van der Waals surface area contributed by atoms with Crippen LogP contribution in [0.25, 0.3) is 0 Å². The van der Waals surface area contributed by atoms with Gasteiger partial charge in [0.1, 0.15) is 6.61 Å². The number of nitrogens with one attached hydrogen (secondary N) is 1. The SMILES string of the molecule is O=C(COCC1CCCCO1)N1CCc2[nH]ncc2C1. The van der Waals surface area contributed by atoms with Gasteiger partial charge >= 0.3 is 0 Å². The van der Waals surface area contributed by atoms with Gasteiger partial charge in [-0.1, -0.05) is 0 Å². The van der Waals surface area contributed by atoms with Crippen molar-refractivity contribution in [3.63, 3.8) is 0 Å². The molecular weight excluding hydrogens is 258 g/mol. The van der Waals surface area contributed by atoms with Crippen LogP contribution in [0.5, 0.6) is 0 Å². The van der Waals surface area contributed by atoms with E-state index in [1.807, 2.05) is 4.90 Å². The summed E-state index contributed by atoms with van der Waals surface area (Å²) < 4.78 is 11.1. The molecule has 1 unspecified atom stereocenters. The molecule has 1 N–H and O–H groups in total. The summed E-state index contributed by atoms with van der Waals surface area (Å²) in [5.74, 6) is 0.0488. The summed E-state index contributed by atoms with van der Waals surface area (Å²) in [5.41, 5.74) is 2.26. The number of nitrogens with zero attached hydrogens (tertiary/aromatic N) is 2. The number of fused-ring (bicyclic) bond motifs is 1. The van der Waals surface area contributed by atoms with Gasteiger partial charge in [-0.2, -0.15) is 5.10 Å². The second-order valence-electron chi connectivity index (χ2n) is 5.44. The van der Waals surface area contributed by atoms with Crippen LogP contribution in [0.3, 0.4) is 0 Å². The fourth-order valence-electron chi connectivity index (χ4n) is 2.74. The zero-order valence-electron chi connectivity index (χ0n) is 11.6. The summed E-state index contributed by atoms with van der Waals surface area (Å²) in [7, 11) is 0. The number of ether oxygens (including phenoxy) is 2. The summed E-state index contributed by atoms with van der Waals surface area (Å²) in [4.78, 5) is 13.9. The molecule has 0 saturated carbocycles. The highest BCUT2D eigenvalue weighted by Gasteiger charge is 2.22. The van der Waals surface area contributed by atoms with Gasteiger partial charge in [0.15, 0.2) is 0 Å². The molecule has 1 saturated heterocycles. The van der Waals surface area contributed by atoms with Gasteiger partial charge in [0.05, 0.1) is 18.9 Å². The third kappa shape index (κ3) is 3.19. The molecule has 0 aromatic carbocycles. The molecule has 6 nitrogen and oxygen atoms in total. The average molecular weight is 279 g/mol. The first kappa shape index (κ1) is 13.6. The second-order valence-corrected chi connectivity index (χ2v) is 5.44. The normalized spacial score (nSPS) is 22.6. The minimum atomic E-state index is 0.0488. The van der Waals surface area contributed by atoms with Crippen molar-refractivity contribution in [1.82, 2.24) is 15.1 Å². The molecular formula is C14H21N3O3. The maximum atomic E-state index is 12.1.